The van der Waals surface area contributed by atoms with Crippen molar-refractivity contribution < 1.29 is 9.21 Å². The summed E-state index contributed by atoms with van der Waals surface area (Å²) in [6.07, 6.45) is 1.60. The zero-order chi connectivity index (χ0) is 9.14. The van der Waals surface area contributed by atoms with Gasteiger partial charge in [0.05, 0.1) is 12.0 Å². The molecule has 1 aromatic rings. The van der Waals surface area contributed by atoms with Crippen molar-refractivity contribution in [2.45, 2.75) is 13.8 Å². The van der Waals surface area contributed by atoms with E-state index in [9.17, 15) is 4.79 Å². The fourth-order valence-corrected chi connectivity index (χ4v) is 0.999. The smallest absolute Gasteiger partial charge is 0.239 e. The van der Waals surface area contributed by atoms with Gasteiger partial charge in [-0.25, -0.2) is 0 Å². The molecule has 66 valence electrons. The first-order valence-electron chi connectivity index (χ1n) is 3.55. The molecule has 4 heteroatoms. The highest BCUT2D eigenvalue weighted by Gasteiger charge is 2.08. The van der Waals surface area contributed by atoms with Gasteiger partial charge in [0.15, 0.2) is 0 Å². The highest BCUT2D eigenvalue weighted by Crippen LogP contribution is 2.21. The summed E-state index contributed by atoms with van der Waals surface area (Å²) in [5.74, 6) is 0.444. The number of hydrogen-bond donors (Lipinski definition) is 1. The van der Waals surface area contributed by atoms with Gasteiger partial charge in [0.1, 0.15) is 11.6 Å². The van der Waals surface area contributed by atoms with Crippen molar-refractivity contribution in [3.05, 3.63) is 17.6 Å². The van der Waals surface area contributed by atoms with Gasteiger partial charge in [-0.3, -0.25) is 4.79 Å². The van der Waals surface area contributed by atoms with Gasteiger partial charge in [-0.05, 0) is 13.8 Å². The Kier molecular flexibility index (Phi) is 2.76. The molecule has 1 heterocycles. The molecule has 0 aliphatic rings. The highest BCUT2D eigenvalue weighted by molar-refractivity contribution is 6.29. The second-order valence-corrected chi connectivity index (χ2v) is 2.80. The Morgan fingerprint density at radius 2 is 2.33 bits per heavy atom. The summed E-state index contributed by atoms with van der Waals surface area (Å²) >= 11 is 5.33. The maximum absolute atomic E-state index is 10.9. The number of halogens is 1. The largest absolute Gasteiger partial charge is 0.467 e. The quantitative estimate of drug-likeness (QED) is 0.721. The molecule has 1 N–H and O–H groups in total. The second-order valence-electron chi connectivity index (χ2n) is 2.53. The molecule has 0 aliphatic carbocycles. The van der Waals surface area contributed by atoms with E-state index in [1.54, 1.807) is 13.2 Å². The van der Waals surface area contributed by atoms with E-state index in [1.165, 1.54) is 0 Å². The van der Waals surface area contributed by atoms with Gasteiger partial charge < -0.3 is 9.73 Å². The molecule has 0 saturated heterocycles. The lowest BCUT2D eigenvalue weighted by molar-refractivity contribution is -0.113. The van der Waals surface area contributed by atoms with E-state index in [1.807, 2.05) is 6.92 Å². The summed E-state index contributed by atoms with van der Waals surface area (Å²) in [6.45, 7) is 3.65. The Labute approximate surface area is 75.7 Å². The fraction of sp³-hybridized carbons (Fsp3) is 0.375. The lowest BCUT2D eigenvalue weighted by Crippen LogP contribution is -2.13. The molecule has 3 nitrogen and oxygen atoms in total. The van der Waals surface area contributed by atoms with E-state index in [0.717, 1.165) is 11.3 Å². The van der Waals surface area contributed by atoms with Gasteiger partial charge in [0, 0.05) is 5.56 Å². The first-order valence-corrected chi connectivity index (χ1v) is 4.09. The van der Waals surface area contributed by atoms with Crippen molar-refractivity contribution in [2.24, 2.45) is 0 Å². The Morgan fingerprint density at radius 1 is 1.67 bits per heavy atom. The summed E-state index contributed by atoms with van der Waals surface area (Å²) in [6, 6.07) is 0. The molecule has 12 heavy (non-hydrogen) atoms. The minimum atomic E-state index is -0.218. The molecule has 0 spiro atoms. The van der Waals surface area contributed by atoms with Crippen LogP contribution in [0.25, 0.3) is 0 Å². The Balaban J connectivity index is 2.80. The van der Waals surface area contributed by atoms with E-state index in [2.05, 4.69) is 5.32 Å². The van der Waals surface area contributed by atoms with Crippen molar-refractivity contribution in [1.29, 1.82) is 0 Å². The third-order valence-corrected chi connectivity index (χ3v) is 1.79. The zero-order valence-electron chi connectivity index (χ0n) is 6.98. The van der Waals surface area contributed by atoms with Crippen molar-refractivity contribution in [1.82, 2.24) is 0 Å². The van der Waals surface area contributed by atoms with Crippen molar-refractivity contribution >= 4 is 23.2 Å². The molecule has 0 atom stereocenters. The molecule has 0 aromatic carbocycles. The standard InChI is InChI=1S/C8H10ClNO2/c1-5-4-12-6(2)8(5)10-7(11)3-9/h4H,3H2,1-2H3,(H,10,11). The minimum absolute atomic E-state index is 0.0376. The molecular weight excluding hydrogens is 178 g/mol. The highest BCUT2D eigenvalue weighted by atomic mass is 35.5. The average Bonchev–Trinajstić information content (AvgIpc) is 2.35. The van der Waals surface area contributed by atoms with Crippen LogP contribution in [0.3, 0.4) is 0 Å². The molecule has 0 aliphatic heterocycles. The molecule has 0 fully saturated rings. The van der Waals surface area contributed by atoms with Crippen LogP contribution in [0.1, 0.15) is 11.3 Å². The lowest BCUT2D eigenvalue weighted by atomic mass is 10.3. The van der Waals surface area contributed by atoms with E-state index in [4.69, 9.17) is 16.0 Å². The topological polar surface area (TPSA) is 42.2 Å². The summed E-state index contributed by atoms with van der Waals surface area (Å²) in [4.78, 5) is 10.9. The van der Waals surface area contributed by atoms with Crippen LogP contribution in [0.4, 0.5) is 5.69 Å². The van der Waals surface area contributed by atoms with Gasteiger partial charge in [-0.15, -0.1) is 11.6 Å². The van der Waals surface area contributed by atoms with Gasteiger partial charge >= 0.3 is 0 Å². The number of alkyl halides is 1. The fourth-order valence-electron chi connectivity index (χ4n) is 0.932. The van der Waals surface area contributed by atoms with Crippen LogP contribution in [0, 0.1) is 13.8 Å². The number of furan rings is 1. The number of hydrogen-bond acceptors (Lipinski definition) is 2. The molecule has 0 bridgehead atoms. The van der Waals surface area contributed by atoms with Gasteiger partial charge in [0.25, 0.3) is 0 Å². The van der Waals surface area contributed by atoms with Crippen LogP contribution in [-0.2, 0) is 4.79 Å². The summed E-state index contributed by atoms with van der Waals surface area (Å²) < 4.78 is 5.08. The normalized spacial score (nSPS) is 9.92. The van der Waals surface area contributed by atoms with E-state index in [0.29, 0.717) is 5.76 Å². The van der Waals surface area contributed by atoms with Crippen LogP contribution in [0.15, 0.2) is 10.7 Å². The molecule has 1 aromatic heterocycles. The first-order chi connectivity index (χ1) is 5.65. The van der Waals surface area contributed by atoms with Crippen molar-refractivity contribution in [3.63, 3.8) is 0 Å². The SMILES string of the molecule is Cc1coc(C)c1NC(=O)CCl. The second kappa shape index (κ2) is 3.63. The molecule has 0 unspecified atom stereocenters. The van der Waals surface area contributed by atoms with E-state index >= 15 is 0 Å². The third kappa shape index (κ3) is 1.80. The van der Waals surface area contributed by atoms with Gasteiger partial charge in [0.2, 0.25) is 5.91 Å². The Bertz CT molecular complexity index is 274. The van der Waals surface area contributed by atoms with Gasteiger partial charge in [-0.1, -0.05) is 0 Å². The van der Waals surface area contributed by atoms with Gasteiger partial charge in [-0.2, -0.15) is 0 Å². The average molecular weight is 188 g/mol. The third-order valence-electron chi connectivity index (χ3n) is 1.54. The molecule has 0 saturated carbocycles. The Morgan fingerprint density at radius 3 is 2.75 bits per heavy atom. The maximum atomic E-state index is 10.9. The summed E-state index contributed by atoms with van der Waals surface area (Å²) in [7, 11) is 0. The molecular formula is C8H10ClNO2. The number of aryl methyl sites for hydroxylation is 2. The van der Waals surface area contributed by atoms with Crippen molar-refractivity contribution in [3.8, 4) is 0 Å². The lowest BCUT2D eigenvalue weighted by Gasteiger charge is -2.01. The maximum Gasteiger partial charge on any atom is 0.239 e. The van der Waals surface area contributed by atoms with Crippen LogP contribution in [-0.4, -0.2) is 11.8 Å². The predicted molar refractivity (Wildman–Crippen MR) is 47.5 cm³/mol. The summed E-state index contributed by atoms with van der Waals surface area (Å²) in [5.41, 5.74) is 1.63. The number of nitrogens with one attached hydrogen (secondary N) is 1. The van der Waals surface area contributed by atoms with Crippen molar-refractivity contribution in [2.75, 3.05) is 11.2 Å². The van der Waals surface area contributed by atoms with Crippen LogP contribution in [0.2, 0.25) is 0 Å². The predicted octanol–water partition coefficient (Wildman–Crippen LogP) is 2.07. The van der Waals surface area contributed by atoms with E-state index in [-0.39, 0.29) is 11.8 Å². The van der Waals surface area contributed by atoms with E-state index < -0.39 is 0 Å². The number of rotatable bonds is 2. The number of carbonyl (C=O) groups is 1. The number of anilines is 1. The first kappa shape index (κ1) is 9.13. The number of amides is 1. The minimum Gasteiger partial charge on any atom is -0.467 e. The Hall–Kier alpha value is -0.960. The van der Waals surface area contributed by atoms with Crippen LogP contribution >= 0.6 is 11.6 Å². The zero-order valence-corrected chi connectivity index (χ0v) is 7.73. The van der Waals surface area contributed by atoms with Crippen LogP contribution in [0.5, 0.6) is 0 Å². The molecule has 0 radical (unpaired) electrons. The van der Waals surface area contributed by atoms with Crippen LogP contribution < -0.4 is 5.32 Å². The molecule has 1 amide bonds. The number of carbonyl (C=O) groups excluding carboxylic acids is 1. The molecule has 1 rings (SSSR count). The monoisotopic (exact) mass is 187 g/mol. The summed E-state index contributed by atoms with van der Waals surface area (Å²) in [5, 5.41) is 2.64.